The lowest BCUT2D eigenvalue weighted by molar-refractivity contribution is 1.04. The molecule has 13 heavy (non-hydrogen) atoms. The summed E-state index contributed by atoms with van der Waals surface area (Å²) in [4.78, 5) is 0. The van der Waals surface area contributed by atoms with Gasteiger partial charge in [0.1, 0.15) is 0 Å². The van der Waals surface area contributed by atoms with E-state index in [4.69, 9.17) is 12.2 Å². The fraction of sp³-hybridized carbons (Fsp3) is 0.125. The number of rotatable bonds is 2. The van der Waals surface area contributed by atoms with Gasteiger partial charge in [-0.15, -0.1) is 0 Å². The van der Waals surface area contributed by atoms with Gasteiger partial charge in [-0.3, -0.25) is 10.9 Å². The maximum absolute atomic E-state index is 4.89. The smallest absolute Gasteiger partial charge is 0.184 e. The van der Waals surface area contributed by atoms with Crippen molar-refractivity contribution in [2.75, 3.05) is 12.5 Å². The van der Waals surface area contributed by atoms with Crippen LogP contribution < -0.4 is 16.2 Å². The van der Waals surface area contributed by atoms with Crippen molar-refractivity contribution in [1.29, 1.82) is 0 Å². The highest BCUT2D eigenvalue weighted by Crippen LogP contribution is 2.12. The first-order chi connectivity index (χ1) is 6.22. The Hall–Kier alpha value is -0.810. The van der Waals surface area contributed by atoms with Crippen LogP contribution in [-0.2, 0) is 0 Å². The first-order valence-electron chi connectivity index (χ1n) is 3.71. The highest BCUT2D eigenvalue weighted by Gasteiger charge is 1.91. The van der Waals surface area contributed by atoms with Crippen molar-refractivity contribution in [3.05, 3.63) is 28.7 Å². The van der Waals surface area contributed by atoms with E-state index in [1.807, 2.05) is 24.3 Å². The summed E-state index contributed by atoms with van der Waals surface area (Å²) in [6.45, 7) is 0. The molecule has 0 heterocycles. The largest absolute Gasteiger partial charge is 0.364 e. The molecule has 0 saturated heterocycles. The van der Waals surface area contributed by atoms with E-state index in [9.17, 15) is 0 Å². The Bertz CT molecular complexity index is 286. The first kappa shape index (κ1) is 10.3. The quantitative estimate of drug-likeness (QED) is 0.560. The Morgan fingerprint density at radius 2 is 1.92 bits per heavy atom. The van der Waals surface area contributed by atoms with Crippen molar-refractivity contribution in [3.63, 3.8) is 0 Å². The minimum Gasteiger partial charge on any atom is -0.364 e. The average Bonchev–Trinajstić information content (AvgIpc) is 2.16. The van der Waals surface area contributed by atoms with Gasteiger partial charge in [-0.1, -0.05) is 15.9 Å². The van der Waals surface area contributed by atoms with Gasteiger partial charge in [-0.2, -0.15) is 0 Å². The van der Waals surface area contributed by atoms with Gasteiger partial charge in [0.25, 0.3) is 0 Å². The lowest BCUT2D eigenvalue weighted by Crippen LogP contribution is -2.36. The number of hydrogen-bond donors (Lipinski definition) is 3. The third-order valence-electron chi connectivity index (χ3n) is 1.39. The van der Waals surface area contributed by atoms with Gasteiger partial charge in [-0.05, 0) is 36.5 Å². The minimum absolute atomic E-state index is 0.558. The Balaban J connectivity index is 2.46. The zero-order chi connectivity index (χ0) is 9.68. The summed E-state index contributed by atoms with van der Waals surface area (Å²) in [6, 6.07) is 7.78. The number of hydrazine groups is 1. The summed E-state index contributed by atoms with van der Waals surface area (Å²) < 4.78 is 1.05. The van der Waals surface area contributed by atoms with Crippen LogP contribution in [0.25, 0.3) is 0 Å². The Morgan fingerprint density at radius 3 is 2.46 bits per heavy atom. The van der Waals surface area contributed by atoms with Crippen LogP contribution in [0.2, 0.25) is 0 Å². The van der Waals surface area contributed by atoms with E-state index in [1.165, 1.54) is 0 Å². The van der Waals surface area contributed by atoms with E-state index in [2.05, 4.69) is 32.1 Å². The number of benzene rings is 1. The second kappa shape index (κ2) is 5.04. The molecule has 0 spiro atoms. The standard InChI is InChI=1S/C8H10BrN3S/c1-10-8(13)12-11-7-4-2-6(9)3-5-7/h2-5,11H,1H3,(H2,10,12,13). The van der Waals surface area contributed by atoms with Crippen molar-refractivity contribution < 1.29 is 0 Å². The van der Waals surface area contributed by atoms with E-state index in [-0.39, 0.29) is 0 Å². The zero-order valence-electron chi connectivity index (χ0n) is 7.10. The van der Waals surface area contributed by atoms with Crippen molar-refractivity contribution in [2.45, 2.75) is 0 Å². The van der Waals surface area contributed by atoms with Gasteiger partial charge in [0, 0.05) is 11.5 Å². The van der Waals surface area contributed by atoms with Gasteiger partial charge in [0.2, 0.25) is 0 Å². The molecule has 0 saturated carbocycles. The molecule has 1 rings (SSSR count). The van der Waals surface area contributed by atoms with Gasteiger partial charge in [0.05, 0.1) is 5.69 Å². The van der Waals surface area contributed by atoms with Gasteiger partial charge in [-0.25, -0.2) is 0 Å². The van der Waals surface area contributed by atoms with Crippen LogP contribution in [0.15, 0.2) is 28.7 Å². The molecule has 70 valence electrons. The molecule has 0 fully saturated rings. The van der Waals surface area contributed by atoms with Crippen molar-refractivity contribution >= 4 is 38.9 Å². The predicted molar refractivity (Wildman–Crippen MR) is 62.6 cm³/mol. The number of hydrogen-bond acceptors (Lipinski definition) is 2. The van der Waals surface area contributed by atoms with Crippen molar-refractivity contribution in [2.24, 2.45) is 0 Å². The van der Waals surface area contributed by atoms with Crippen molar-refractivity contribution in [3.8, 4) is 0 Å². The van der Waals surface area contributed by atoms with E-state index in [1.54, 1.807) is 7.05 Å². The monoisotopic (exact) mass is 259 g/mol. The van der Waals surface area contributed by atoms with Crippen LogP contribution in [0.5, 0.6) is 0 Å². The topological polar surface area (TPSA) is 36.1 Å². The summed E-state index contributed by atoms with van der Waals surface area (Å²) in [5.41, 5.74) is 6.73. The van der Waals surface area contributed by atoms with Gasteiger partial charge in [0.15, 0.2) is 5.11 Å². The molecule has 1 aromatic rings. The molecule has 0 aliphatic heterocycles. The van der Waals surface area contributed by atoms with E-state index >= 15 is 0 Å². The third kappa shape index (κ3) is 3.61. The van der Waals surface area contributed by atoms with Crippen LogP contribution in [0.3, 0.4) is 0 Å². The highest BCUT2D eigenvalue weighted by atomic mass is 79.9. The molecule has 1 aromatic carbocycles. The third-order valence-corrected chi connectivity index (χ3v) is 2.23. The number of halogens is 1. The minimum atomic E-state index is 0.558. The van der Waals surface area contributed by atoms with Gasteiger partial charge >= 0.3 is 0 Å². The van der Waals surface area contributed by atoms with Gasteiger partial charge < -0.3 is 5.32 Å². The summed E-state index contributed by atoms with van der Waals surface area (Å²) in [6.07, 6.45) is 0. The molecule has 3 N–H and O–H groups in total. The predicted octanol–water partition coefficient (Wildman–Crippen LogP) is 1.87. The lowest BCUT2D eigenvalue weighted by atomic mass is 10.3. The highest BCUT2D eigenvalue weighted by molar-refractivity contribution is 9.10. The number of nitrogens with one attached hydrogen (secondary N) is 3. The van der Waals surface area contributed by atoms with Crippen LogP contribution in [0, 0.1) is 0 Å². The molecule has 0 amide bonds. The molecule has 0 unspecified atom stereocenters. The van der Waals surface area contributed by atoms with E-state index in [0.717, 1.165) is 10.2 Å². The molecule has 0 atom stereocenters. The molecule has 0 aromatic heterocycles. The molecule has 0 radical (unpaired) electrons. The molecule has 5 heteroatoms. The fourth-order valence-electron chi connectivity index (χ4n) is 0.725. The van der Waals surface area contributed by atoms with E-state index < -0.39 is 0 Å². The maximum atomic E-state index is 4.89. The number of thiocarbonyl (C=S) groups is 1. The molecule has 3 nitrogen and oxygen atoms in total. The molecule has 0 aliphatic rings. The fourth-order valence-corrected chi connectivity index (χ4v) is 1.04. The zero-order valence-corrected chi connectivity index (χ0v) is 9.50. The normalized spacial score (nSPS) is 9.08. The Kier molecular flexibility index (Phi) is 3.98. The summed E-state index contributed by atoms with van der Waals surface area (Å²) in [5, 5.41) is 3.35. The summed E-state index contributed by atoms with van der Waals surface area (Å²) in [5.74, 6) is 0. The molecular weight excluding hydrogens is 250 g/mol. The first-order valence-corrected chi connectivity index (χ1v) is 4.92. The Labute approximate surface area is 91.0 Å². The number of anilines is 1. The van der Waals surface area contributed by atoms with Crippen LogP contribution in [0.4, 0.5) is 5.69 Å². The van der Waals surface area contributed by atoms with Crippen molar-refractivity contribution in [1.82, 2.24) is 10.7 Å². The SMILES string of the molecule is CNC(=S)NNc1ccc(Br)cc1. The molecule has 0 aliphatic carbocycles. The average molecular weight is 260 g/mol. The molecule has 0 bridgehead atoms. The Morgan fingerprint density at radius 1 is 1.31 bits per heavy atom. The lowest BCUT2D eigenvalue weighted by Gasteiger charge is -2.09. The second-order valence-electron chi connectivity index (χ2n) is 2.34. The molecular formula is C8H10BrN3S. The summed E-state index contributed by atoms with van der Waals surface area (Å²) in [7, 11) is 1.76. The summed E-state index contributed by atoms with van der Waals surface area (Å²) >= 11 is 8.24. The van der Waals surface area contributed by atoms with Crippen LogP contribution >= 0.6 is 28.1 Å². The van der Waals surface area contributed by atoms with E-state index in [0.29, 0.717) is 5.11 Å². The van der Waals surface area contributed by atoms with Crippen LogP contribution in [-0.4, -0.2) is 12.2 Å². The second-order valence-corrected chi connectivity index (χ2v) is 3.66. The maximum Gasteiger partial charge on any atom is 0.184 e. The van der Waals surface area contributed by atoms with Crippen LogP contribution in [0.1, 0.15) is 0 Å².